The van der Waals surface area contributed by atoms with Crippen molar-refractivity contribution < 1.29 is 18.3 Å². The average molecular weight is 554 g/mol. The number of aromatic nitrogens is 2. The molecule has 2 saturated heterocycles. The van der Waals surface area contributed by atoms with E-state index in [4.69, 9.17) is 11.7 Å². The second-order valence-corrected chi connectivity index (χ2v) is 12.7. The third kappa shape index (κ3) is 6.42. The van der Waals surface area contributed by atoms with Gasteiger partial charge in [0.05, 0.1) is 29.3 Å². The molecule has 0 atom stereocenters. The molecule has 2 aromatic rings. The minimum atomic E-state index is -3.70. The Morgan fingerprint density at radius 2 is 1.82 bits per heavy atom. The van der Waals surface area contributed by atoms with Gasteiger partial charge in [0.1, 0.15) is 5.82 Å². The number of hydrogen-bond donors (Lipinski definition) is 3. The van der Waals surface area contributed by atoms with Gasteiger partial charge in [-0.2, -0.15) is 4.98 Å². The molecule has 1 spiro atoms. The Labute approximate surface area is 229 Å². The van der Waals surface area contributed by atoms with Crippen LogP contribution in [0, 0.1) is 18.9 Å². The maximum Gasteiger partial charge on any atom is 0.258 e. The summed E-state index contributed by atoms with van der Waals surface area (Å²) in [4.78, 5) is 30.6. The maximum absolute atomic E-state index is 13.6. The van der Waals surface area contributed by atoms with E-state index in [0.29, 0.717) is 47.2 Å². The fraction of sp³-hybridized carbons (Fsp3) is 0.556. The van der Waals surface area contributed by atoms with Crippen LogP contribution < -0.4 is 19.8 Å². The summed E-state index contributed by atoms with van der Waals surface area (Å²) < 4.78 is 27.1. The minimum Gasteiger partial charge on any atom is -0.395 e. The van der Waals surface area contributed by atoms with E-state index in [1.54, 1.807) is 24.3 Å². The van der Waals surface area contributed by atoms with Crippen LogP contribution in [-0.4, -0.2) is 74.0 Å². The van der Waals surface area contributed by atoms with Crippen LogP contribution in [0.2, 0.25) is 0 Å². The molecule has 0 radical (unpaired) electrons. The number of anilines is 4. The first-order valence-electron chi connectivity index (χ1n) is 13.5. The lowest BCUT2D eigenvalue weighted by molar-refractivity contribution is 0.102. The van der Waals surface area contributed by atoms with Gasteiger partial charge in [0.25, 0.3) is 5.91 Å². The molecule has 3 fully saturated rings. The highest BCUT2D eigenvalue weighted by molar-refractivity contribution is 7.92. The highest BCUT2D eigenvalue weighted by Crippen LogP contribution is 2.54. The van der Waals surface area contributed by atoms with E-state index in [9.17, 15) is 13.2 Å². The normalized spacial score (nSPS) is 19.0. The van der Waals surface area contributed by atoms with Crippen molar-refractivity contribution in [3.8, 4) is 0 Å². The number of amides is 1. The molecule has 1 amide bonds. The van der Waals surface area contributed by atoms with Crippen LogP contribution in [-0.2, 0) is 10.0 Å². The van der Waals surface area contributed by atoms with Gasteiger partial charge in [-0.1, -0.05) is 0 Å². The lowest BCUT2D eigenvalue weighted by Gasteiger charge is -2.35. The first kappa shape index (κ1) is 27.1. The van der Waals surface area contributed by atoms with E-state index in [1.165, 1.54) is 12.8 Å². The molecule has 3 N–H and O–H groups in total. The van der Waals surface area contributed by atoms with Crippen molar-refractivity contribution in [1.82, 2.24) is 9.97 Å². The molecule has 3 heterocycles. The number of benzene rings is 1. The quantitative estimate of drug-likeness (QED) is 0.425. The standard InChI is InChI=1S/C27H35N7O4S/c1-19-17-24(31-26(29-19)34-11-5-20(28-2)6-12-34)30-25(36)22-4-3-21(32-39(37,38)16-15-35)18-23(22)33-13-9-27(7-8-27)10-14-33/h3-4,17-18,20,32,35H,5-16H2,1H3,(H,29,30,31,36). The van der Waals surface area contributed by atoms with Crippen LogP contribution in [0.25, 0.3) is 4.85 Å². The van der Waals surface area contributed by atoms with Crippen LogP contribution in [0.5, 0.6) is 0 Å². The first-order chi connectivity index (χ1) is 18.7. The van der Waals surface area contributed by atoms with Gasteiger partial charge in [0.2, 0.25) is 22.0 Å². The minimum absolute atomic E-state index is 0.0318. The number of aryl methyl sites for hydroxylation is 1. The molecule has 11 nitrogen and oxygen atoms in total. The summed E-state index contributed by atoms with van der Waals surface area (Å²) in [6.45, 7) is 11.6. The summed E-state index contributed by atoms with van der Waals surface area (Å²) in [5.41, 5.74) is 2.62. The van der Waals surface area contributed by atoms with Crippen molar-refractivity contribution in [2.75, 3.05) is 58.4 Å². The molecular weight excluding hydrogens is 518 g/mol. The van der Waals surface area contributed by atoms with E-state index in [1.807, 2.05) is 11.8 Å². The molecule has 208 valence electrons. The Hall–Kier alpha value is -3.43. The van der Waals surface area contributed by atoms with E-state index < -0.39 is 22.4 Å². The number of hydrogen-bond acceptors (Lipinski definition) is 8. The van der Waals surface area contributed by atoms with Gasteiger partial charge in [0.15, 0.2) is 0 Å². The summed E-state index contributed by atoms with van der Waals surface area (Å²) >= 11 is 0. The Morgan fingerprint density at radius 3 is 2.46 bits per heavy atom. The SMILES string of the molecule is [C-]#[N+]C1CCN(c2nc(C)cc(NC(=O)c3ccc(NS(=O)(=O)CCO)cc3N3CCC4(CC3)CC4)n2)CC1. The number of nitrogens with one attached hydrogen (secondary N) is 2. The molecular formula is C27H35N7O4S. The molecule has 1 aromatic carbocycles. The maximum atomic E-state index is 13.6. The first-order valence-corrected chi connectivity index (χ1v) is 15.1. The van der Waals surface area contributed by atoms with Crippen LogP contribution >= 0.6 is 0 Å². The van der Waals surface area contributed by atoms with Gasteiger partial charge in [0, 0.05) is 50.8 Å². The zero-order valence-electron chi connectivity index (χ0n) is 22.2. The van der Waals surface area contributed by atoms with E-state index >= 15 is 0 Å². The second kappa shape index (κ2) is 11.0. The van der Waals surface area contributed by atoms with Crippen molar-refractivity contribution in [2.45, 2.75) is 51.5 Å². The summed E-state index contributed by atoms with van der Waals surface area (Å²) in [6, 6.07) is 6.66. The van der Waals surface area contributed by atoms with Crippen LogP contribution in [0.1, 0.15) is 54.6 Å². The fourth-order valence-electron chi connectivity index (χ4n) is 5.44. The highest BCUT2D eigenvalue weighted by atomic mass is 32.2. The Morgan fingerprint density at radius 1 is 1.10 bits per heavy atom. The Balaban J connectivity index is 1.38. The molecule has 0 bridgehead atoms. The van der Waals surface area contributed by atoms with Crippen molar-refractivity contribution in [2.24, 2.45) is 5.41 Å². The second-order valence-electron chi connectivity index (χ2n) is 10.9. The van der Waals surface area contributed by atoms with Crippen LogP contribution in [0.3, 0.4) is 0 Å². The van der Waals surface area contributed by atoms with Gasteiger partial charge in [-0.3, -0.25) is 9.52 Å². The number of sulfonamides is 1. The lowest BCUT2D eigenvalue weighted by atomic mass is 9.93. The van der Waals surface area contributed by atoms with Crippen LogP contribution in [0.4, 0.5) is 23.1 Å². The Bertz CT molecular complexity index is 1370. The number of rotatable bonds is 8. The van der Waals surface area contributed by atoms with Gasteiger partial charge in [-0.25, -0.2) is 20.0 Å². The number of carbonyl (C=O) groups is 1. The van der Waals surface area contributed by atoms with Crippen molar-refractivity contribution >= 4 is 39.1 Å². The van der Waals surface area contributed by atoms with Gasteiger partial charge in [-0.15, -0.1) is 0 Å². The van der Waals surface area contributed by atoms with Crippen molar-refractivity contribution in [3.05, 3.63) is 46.9 Å². The Kier molecular flexibility index (Phi) is 7.64. The number of aliphatic hydroxyl groups excluding tert-OH is 1. The van der Waals surface area contributed by atoms with E-state index in [2.05, 4.69) is 29.8 Å². The molecule has 39 heavy (non-hydrogen) atoms. The summed E-state index contributed by atoms with van der Waals surface area (Å²) in [7, 11) is -3.70. The molecule has 12 heteroatoms. The zero-order valence-corrected chi connectivity index (χ0v) is 23.0. The zero-order chi connectivity index (χ0) is 27.6. The van der Waals surface area contributed by atoms with Gasteiger partial charge < -0.3 is 25.1 Å². The molecule has 2 aliphatic heterocycles. The van der Waals surface area contributed by atoms with Gasteiger partial charge in [-0.05, 0) is 56.2 Å². The topological polar surface area (TPSA) is 132 Å². The smallest absolute Gasteiger partial charge is 0.258 e. The van der Waals surface area contributed by atoms with Crippen molar-refractivity contribution in [3.63, 3.8) is 0 Å². The summed E-state index contributed by atoms with van der Waals surface area (Å²) in [5, 5.41) is 12.0. The third-order valence-electron chi connectivity index (χ3n) is 8.01. The number of carbonyl (C=O) groups excluding carboxylic acids is 1. The largest absolute Gasteiger partial charge is 0.395 e. The summed E-state index contributed by atoms with van der Waals surface area (Å²) in [5.74, 6) is 0.191. The highest BCUT2D eigenvalue weighted by Gasteiger charge is 2.44. The molecule has 1 aliphatic carbocycles. The van der Waals surface area contributed by atoms with Crippen molar-refractivity contribution in [1.29, 1.82) is 0 Å². The molecule has 3 aliphatic rings. The fourth-order valence-corrected chi connectivity index (χ4v) is 6.26. The lowest BCUT2D eigenvalue weighted by Crippen LogP contribution is -2.36. The molecule has 1 aromatic heterocycles. The average Bonchev–Trinajstić information content (AvgIpc) is 3.67. The molecule has 0 unspecified atom stereocenters. The van der Waals surface area contributed by atoms with Gasteiger partial charge >= 0.3 is 0 Å². The predicted octanol–water partition coefficient (Wildman–Crippen LogP) is 3.04. The number of nitrogens with zero attached hydrogens (tertiary/aromatic N) is 5. The molecule has 5 rings (SSSR count). The molecule has 1 saturated carbocycles. The number of aliphatic hydroxyl groups is 1. The van der Waals surface area contributed by atoms with Crippen LogP contribution in [0.15, 0.2) is 24.3 Å². The monoisotopic (exact) mass is 553 g/mol. The predicted molar refractivity (Wildman–Crippen MR) is 151 cm³/mol. The van der Waals surface area contributed by atoms with E-state index in [-0.39, 0.29) is 11.9 Å². The van der Waals surface area contributed by atoms with E-state index in [0.717, 1.165) is 44.5 Å². The number of piperidine rings is 2. The summed E-state index contributed by atoms with van der Waals surface area (Å²) in [6.07, 6.45) is 6.12. The third-order valence-corrected chi connectivity index (χ3v) is 9.28.